The maximum absolute atomic E-state index is 12.7. The molecule has 0 aromatic heterocycles. The fraction of sp³-hybridized carbons (Fsp3) is 0.829. The van der Waals surface area contributed by atoms with Crippen LogP contribution in [0.5, 0.6) is 0 Å². The molecule has 0 aliphatic carbocycles. The summed E-state index contributed by atoms with van der Waals surface area (Å²) in [6, 6.07) is 0. The van der Waals surface area contributed by atoms with Gasteiger partial charge in [0.15, 0.2) is 12.4 Å². The lowest BCUT2D eigenvalue weighted by Gasteiger charge is -2.26. The van der Waals surface area contributed by atoms with Gasteiger partial charge in [0.25, 0.3) is 0 Å². The molecule has 0 aromatic rings. The number of carbonyl (C=O) groups excluding carboxylic acids is 3. The maximum Gasteiger partial charge on any atom is 0.306 e. The molecular weight excluding hydrogens is 634 g/mol. The summed E-state index contributed by atoms with van der Waals surface area (Å²) < 4.78 is 22.4. The first-order chi connectivity index (χ1) is 24.1. The van der Waals surface area contributed by atoms with Crippen molar-refractivity contribution in [3.05, 3.63) is 24.3 Å². The van der Waals surface area contributed by atoms with Gasteiger partial charge in [-0.3, -0.25) is 9.59 Å². The molecule has 0 heterocycles. The predicted octanol–water partition coefficient (Wildman–Crippen LogP) is 8.38. The first-order valence-corrected chi connectivity index (χ1v) is 20.0. The number of allylic oxidation sites excluding steroid dienone is 4. The van der Waals surface area contributed by atoms with E-state index < -0.39 is 24.3 Å². The molecule has 2 atom stereocenters. The van der Waals surface area contributed by atoms with E-state index in [-0.39, 0.29) is 38.6 Å². The van der Waals surface area contributed by atoms with E-state index in [4.69, 9.17) is 18.9 Å². The molecule has 0 N–H and O–H groups in total. The van der Waals surface area contributed by atoms with Crippen LogP contribution in [0, 0.1) is 0 Å². The number of quaternary nitrogens is 1. The Morgan fingerprint density at radius 3 is 1.52 bits per heavy atom. The summed E-state index contributed by atoms with van der Waals surface area (Å²) in [7, 11) is 5.89. The fourth-order valence-electron chi connectivity index (χ4n) is 5.23. The number of unbranched alkanes of at least 4 members (excludes halogenated alkanes) is 17. The molecule has 292 valence electrons. The van der Waals surface area contributed by atoms with Gasteiger partial charge in [0, 0.05) is 12.8 Å². The molecule has 0 spiro atoms. The standard InChI is InChI=1S/C41H75NO8/c1-6-8-10-12-14-16-18-20-22-24-26-28-30-32-39(44)50-37(36-49-41(40(45)46)47-34-33-42(3,4)5)35-48-38(43)31-29-27-25-23-21-19-17-15-13-11-9-7-2/h15-18,37,41H,6-14,19-36H2,1-5H3/b17-15-,18-16-. The van der Waals surface area contributed by atoms with Gasteiger partial charge in [0.05, 0.1) is 40.3 Å². The minimum atomic E-state index is -1.62. The second-order valence-electron chi connectivity index (χ2n) is 14.6. The van der Waals surface area contributed by atoms with Crippen LogP contribution in [0.25, 0.3) is 0 Å². The highest BCUT2D eigenvalue weighted by atomic mass is 16.7. The second kappa shape index (κ2) is 33.9. The van der Waals surface area contributed by atoms with E-state index in [1.54, 1.807) is 0 Å². The molecule has 0 aromatic carbocycles. The molecule has 0 aliphatic rings. The molecule has 9 nitrogen and oxygen atoms in total. The van der Waals surface area contributed by atoms with Crippen molar-refractivity contribution in [3.63, 3.8) is 0 Å². The van der Waals surface area contributed by atoms with Gasteiger partial charge in [-0.2, -0.15) is 0 Å². The Morgan fingerprint density at radius 1 is 0.580 bits per heavy atom. The van der Waals surface area contributed by atoms with Crippen molar-refractivity contribution in [1.82, 2.24) is 0 Å². The molecule has 50 heavy (non-hydrogen) atoms. The number of nitrogens with zero attached hydrogens (tertiary/aromatic N) is 1. The number of carbonyl (C=O) groups is 3. The summed E-state index contributed by atoms with van der Waals surface area (Å²) in [5.74, 6) is -2.31. The van der Waals surface area contributed by atoms with Gasteiger partial charge in [-0.1, -0.05) is 109 Å². The van der Waals surface area contributed by atoms with E-state index in [1.165, 1.54) is 57.8 Å². The van der Waals surface area contributed by atoms with Gasteiger partial charge in [0.1, 0.15) is 13.2 Å². The molecular formula is C41H75NO8. The fourth-order valence-corrected chi connectivity index (χ4v) is 5.23. The van der Waals surface area contributed by atoms with E-state index in [1.807, 2.05) is 21.1 Å². The predicted molar refractivity (Wildman–Crippen MR) is 200 cm³/mol. The van der Waals surface area contributed by atoms with Gasteiger partial charge in [0.2, 0.25) is 0 Å². The van der Waals surface area contributed by atoms with Gasteiger partial charge in [-0.15, -0.1) is 0 Å². The van der Waals surface area contributed by atoms with Crippen molar-refractivity contribution in [2.45, 2.75) is 174 Å². The first-order valence-electron chi connectivity index (χ1n) is 20.0. The van der Waals surface area contributed by atoms with E-state index in [0.717, 1.165) is 70.6 Å². The average molecular weight is 710 g/mol. The Labute approximate surface area is 306 Å². The van der Waals surface area contributed by atoms with Crippen LogP contribution in [0.3, 0.4) is 0 Å². The van der Waals surface area contributed by atoms with Gasteiger partial charge >= 0.3 is 11.9 Å². The quantitative estimate of drug-likeness (QED) is 0.0210. The zero-order valence-electron chi connectivity index (χ0n) is 32.8. The summed E-state index contributed by atoms with van der Waals surface area (Å²) in [6.45, 7) is 4.66. The van der Waals surface area contributed by atoms with Crippen LogP contribution in [0.15, 0.2) is 24.3 Å². The Bertz CT molecular complexity index is 882. The van der Waals surface area contributed by atoms with Crippen LogP contribution in [0.4, 0.5) is 0 Å². The highest BCUT2D eigenvalue weighted by Crippen LogP contribution is 2.12. The number of carboxylic acid groups (broad SMARTS) is 1. The zero-order chi connectivity index (χ0) is 37.1. The van der Waals surface area contributed by atoms with Crippen LogP contribution in [0.1, 0.15) is 162 Å². The Morgan fingerprint density at radius 2 is 1.02 bits per heavy atom. The number of likely N-dealkylation sites (N-methyl/N-ethyl adjacent to an activating group) is 1. The van der Waals surface area contributed by atoms with Crippen LogP contribution in [-0.4, -0.2) is 82.3 Å². The number of carboxylic acids is 1. The molecule has 0 aliphatic heterocycles. The van der Waals surface area contributed by atoms with Crippen molar-refractivity contribution in [2.75, 3.05) is 47.5 Å². The van der Waals surface area contributed by atoms with E-state index in [0.29, 0.717) is 17.4 Å². The highest BCUT2D eigenvalue weighted by molar-refractivity contribution is 5.70. The van der Waals surface area contributed by atoms with Crippen LogP contribution in [-0.2, 0) is 33.3 Å². The summed E-state index contributed by atoms with van der Waals surface area (Å²) in [5.41, 5.74) is 0. The molecule has 0 radical (unpaired) electrons. The third-order valence-corrected chi connectivity index (χ3v) is 8.42. The Hall–Kier alpha value is -2.23. The molecule has 0 rings (SSSR count). The average Bonchev–Trinajstić information content (AvgIpc) is 3.06. The molecule has 0 amide bonds. The van der Waals surface area contributed by atoms with Gasteiger partial charge < -0.3 is 33.3 Å². The third kappa shape index (κ3) is 34.2. The van der Waals surface area contributed by atoms with Crippen molar-refractivity contribution in [2.24, 2.45) is 0 Å². The number of hydrogen-bond donors (Lipinski definition) is 0. The lowest BCUT2D eigenvalue weighted by Crippen LogP contribution is -2.44. The third-order valence-electron chi connectivity index (χ3n) is 8.42. The summed E-state index contributed by atoms with van der Waals surface area (Å²) in [6.07, 6.45) is 30.6. The molecule has 2 unspecified atom stereocenters. The molecule has 0 saturated heterocycles. The molecule has 0 fully saturated rings. The topological polar surface area (TPSA) is 111 Å². The normalized spacial score (nSPS) is 13.2. The Kier molecular flexibility index (Phi) is 32.4. The summed E-state index contributed by atoms with van der Waals surface area (Å²) in [5, 5.41) is 11.6. The molecule has 0 saturated carbocycles. The van der Waals surface area contributed by atoms with E-state index >= 15 is 0 Å². The van der Waals surface area contributed by atoms with Gasteiger partial charge in [-0.25, -0.2) is 0 Å². The number of esters is 2. The van der Waals surface area contributed by atoms with Crippen molar-refractivity contribution in [1.29, 1.82) is 0 Å². The van der Waals surface area contributed by atoms with Crippen LogP contribution in [0.2, 0.25) is 0 Å². The largest absolute Gasteiger partial charge is 0.545 e. The van der Waals surface area contributed by atoms with Crippen molar-refractivity contribution >= 4 is 17.9 Å². The first kappa shape index (κ1) is 47.8. The van der Waals surface area contributed by atoms with Crippen LogP contribution < -0.4 is 5.11 Å². The minimum Gasteiger partial charge on any atom is -0.545 e. The van der Waals surface area contributed by atoms with Crippen molar-refractivity contribution in [3.8, 4) is 0 Å². The minimum absolute atomic E-state index is 0.146. The smallest absolute Gasteiger partial charge is 0.306 e. The number of hydrogen-bond acceptors (Lipinski definition) is 8. The van der Waals surface area contributed by atoms with Gasteiger partial charge in [-0.05, 0) is 64.2 Å². The summed E-state index contributed by atoms with van der Waals surface area (Å²) >= 11 is 0. The molecule has 0 bridgehead atoms. The highest BCUT2D eigenvalue weighted by Gasteiger charge is 2.21. The second-order valence-corrected chi connectivity index (χ2v) is 14.6. The van der Waals surface area contributed by atoms with E-state index in [2.05, 4.69) is 38.2 Å². The van der Waals surface area contributed by atoms with E-state index in [9.17, 15) is 19.5 Å². The van der Waals surface area contributed by atoms with Crippen LogP contribution >= 0.6 is 0 Å². The lowest BCUT2D eigenvalue weighted by molar-refractivity contribution is -0.870. The SMILES string of the molecule is CCCCC/C=C\CCCCCCCC(=O)OCC(COC(OCC[N+](C)(C)C)C(=O)[O-])OC(=O)CCCCCCC/C=C\CCCCCC. The lowest BCUT2D eigenvalue weighted by atomic mass is 10.1. The van der Waals surface area contributed by atoms with Crippen molar-refractivity contribution < 1.29 is 42.9 Å². The monoisotopic (exact) mass is 710 g/mol. The number of ether oxygens (including phenoxy) is 4. The summed E-state index contributed by atoms with van der Waals surface area (Å²) in [4.78, 5) is 36.8. The number of aliphatic carboxylic acids is 1. The number of rotatable bonds is 36. The Balaban J connectivity index is 4.55. The zero-order valence-corrected chi connectivity index (χ0v) is 32.8. The molecule has 9 heteroatoms. The maximum atomic E-state index is 12.7.